The largest absolute Gasteiger partial charge is 0.455 e. The number of hydrogen-bond donors (Lipinski definition) is 2. The minimum Gasteiger partial charge on any atom is -0.455 e. The molecule has 1 saturated carbocycles. The molecule has 2 heterocycles. The molecule has 2 amide bonds. The zero-order valence-corrected chi connectivity index (χ0v) is 26.3. The van der Waals surface area contributed by atoms with E-state index in [2.05, 4.69) is 64.8 Å². The van der Waals surface area contributed by atoms with Crippen LogP contribution in [0.1, 0.15) is 37.3 Å². The summed E-state index contributed by atoms with van der Waals surface area (Å²) >= 11 is 1.64. The molecule has 6 rings (SSSR count). The van der Waals surface area contributed by atoms with Crippen molar-refractivity contribution < 1.29 is 18.7 Å². The molecule has 0 spiro atoms. The molecule has 5 aromatic rings. The number of halogens is 1. The van der Waals surface area contributed by atoms with Gasteiger partial charge in [0.25, 0.3) is 0 Å². The lowest BCUT2D eigenvalue weighted by molar-refractivity contribution is -0.131. The number of carbonyl (C=O) groups is 2. The van der Waals surface area contributed by atoms with Crippen molar-refractivity contribution in [2.45, 2.75) is 39.7 Å². The number of rotatable bonds is 11. The summed E-state index contributed by atoms with van der Waals surface area (Å²) in [4.78, 5) is 34.1. The van der Waals surface area contributed by atoms with E-state index in [4.69, 9.17) is 4.74 Å². The molecular weight excluding hydrogens is 587 g/mol. The minimum atomic E-state index is -1.14. The Morgan fingerprint density at radius 1 is 0.933 bits per heavy atom. The maximum Gasteiger partial charge on any atom is 0.240 e. The van der Waals surface area contributed by atoms with E-state index in [1.165, 1.54) is 29.8 Å². The third kappa shape index (κ3) is 6.74. The van der Waals surface area contributed by atoms with Crippen LogP contribution < -0.4 is 15.4 Å². The quantitative estimate of drug-likeness (QED) is 0.145. The van der Waals surface area contributed by atoms with E-state index in [1.807, 2.05) is 25.1 Å². The maximum atomic E-state index is 13.2. The Morgan fingerprint density at radius 3 is 2.29 bits per heavy atom. The van der Waals surface area contributed by atoms with Crippen LogP contribution in [0, 0.1) is 18.2 Å². The van der Waals surface area contributed by atoms with Crippen molar-refractivity contribution in [1.29, 1.82) is 0 Å². The van der Waals surface area contributed by atoms with Gasteiger partial charge in [0, 0.05) is 35.1 Å². The van der Waals surface area contributed by atoms with Gasteiger partial charge in [-0.25, -0.2) is 4.39 Å². The fraction of sp³-hybridized carbons (Fsp3) is 0.250. The van der Waals surface area contributed by atoms with Gasteiger partial charge in [-0.3, -0.25) is 14.6 Å². The molecular formula is C36H35FN4O3S. The molecule has 0 aliphatic heterocycles. The first kappa shape index (κ1) is 30.4. The number of carbonyl (C=O) groups excluding carboxylic acids is 2. The number of fused-ring (bicyclic) bond motifs is 1. The summed E-state index contributed by atoms with van der Waals surface area (Å²) in [6, 6.07) is 23.6. The van der Waals surface area contributed by atoms with Crippen LogP contribution in [-0.2, 0) is 16.1 Å². The fourth-order valence-corrected chi connectivity index (χ4v) is 6.43. The zero-order chi connectivity index (χ0) is 31.6. The topological polar surface area (TPSA) is 83.6 Å². The molecule has 0 bridgehead atoms. The van der Waals surface area contributed by atoms with Gasteiger partial charge in [0.15, 0.2) is 0 Å². The molecule has 0 saturated heterocycles. The number of pyridine rings is 1. The Labute approximate surface area is 266 Å². The van der Waals surface area contributed by atoms with Gasteiger partial charge in [0.2, 0.25) is 11.8 Å². The van der Waals surface area contributed by atoms with Gasteiger partial charge in [-0.2, -0.15) is 0 Å². The summed E-state index contributed by atoms with van der Waals surface area (Å²) in [5.41, 5.74) is 4.02. The average Bonchev–Trinajstić information content (AvgIpc) is 3.73. The fourth-order valence-electron chi connectivity index (χ4n) is 5.36. The highest BCUT2D eigenvalue weighted by atomic mass is 32.1. The molecule has 230 valence electrons. The highest BCUT2D eigenvalue weighted by Gasteiger charge is 2.56. The predicted molar refractivity (Wildman–Crippen MR) is 178 cm³/mol. The summed E-state index contributed by atoms with van der Waals surface area (Å²) in [6.07, 6.45) is 3.79. The SMILES string of the molecule is CCCN(C)Cc1ccc(-c2cc3nccc(Oc4ccc(NC(=O)C5(C(=O)Nc6ccc(F)cc6)CC5)cc4C)c3s2)cc1. The zero-order valence-electron chi connectivity index (χ0n) is 25.5. The van der Waals surface area contributed by atoms with Crippen molar-refractivity contribution >= 4 is 44.7 Å². The van der Waals surface area contributed by atoms with Crippen LogP contribution in [0.5, 0.6) is 11.5 Å². The van der Waals surface area contributed by atoms with Gasteiger partial charge in [-0.1, -0.05) is 31.2 Å². The van der Waals surface area contributed by atoms with E-state index >= 15 is 0 Å². The van der Waals surface area contributed by atoms with Crippen molar-refractivity contribution in [3.63, 3.8) is 0 Å². The second-order valence-electron chi connectivity index (χ2n) is 11.6. The van der Waals surface area contributed by atoms with Gasteiger partial charge in [0.1, 0.15) is 22.7 Å². The highest BCUT2D eigenvalue weighted by Crippen LogP contribution is 2.48. The molecule has 1 aliphatic rings. The molecule has 45 heavy (non-hydrogen) atoms. The second-order valence-corrected chi connectivity index (χ2v) is 12.7. The molecule has 0 unspecified atom stereocenters. The molecule has 1 fully saturated rings. The third-order valence-electron chi connectivity index (χ3n) is 8.05. The van der Waals surface area contributed by atoms with Crippen molar-refractivity contribution in [3.8, 4) is 21.9 Å². The first-order valence-corrected chi connectivity index (χ1v) is 15.9. The minimum absolute atomic E-state index is 0.363. The number of ether oxygens (including phenoxy) is 1. The molecule has 1 aliphatic carbocycles. The number of nitrogens with zero attached hydrogens (tertiary/aromatic N) is 2. The number of aryl methyl sites for hydroxylation is 1. The number of aromatic nitrogens is 1. The highest BCUT2D eigenvalue weighted by molar-refractivity contribution is 7.22. The lowest BCUT2D eigenvalue weighted by Crippen LogP contribution is -2.35. The number of benzene rings is 3. The monoisotopic (exact) mass is 622 g/mol. The van der Waals surface area contributed by atoms with E-state index in [0.717, 1.165) is 45.7 Å². The van der Waals surface area contributed by atoms with Crippen LogP contribution >= 0.6 is 11.3 Å². The van der Waals surface area contributed by atoms with E-state index < -0.39 is 17.1 Å². The molecule has 2 N–H and O–H groups in total. The summed E-state index contributed by atoms with van der Waals surface area (Å²) in [5, 5.41) is 5.63. The van der Waals surface area contributed by atoms with Crippen LogP contribution in [0.25, 0.3) is 20.7 Å². The number of nitrogens with one attached hydrogen (secondary N) is 2. The summed E-state index contributed by atoms with van der Waals surface area (Å²) < 4.78 is 20.6. The van der Waals surface area contributed by atoms with Crippen LogP contribution in [0.2, 0.25) is 0 Å². The van der Waals surface area contributed by atoms with E-state index in [-0.39, 0.29) is 5.91 Å². The maximum absolute atomic E-state index is 13.2. The van der Waals surface area contributed by atoms with Gasteiger partial charge in [-0.15, -0.1) is 11.3 Å². The first-order valence-electron chi connectivity index (χ1n) is 15.1. The van der Waals surface area contributed by atoms with Gasteiger partial charge in [0.05, 0.1) is 10.2 Å². The Morgan fingerprint density at radius 2 is 1.62 bits per heavy atom. The number of amides is 2. The van der Waals surface area contributed by atoms with Gasteiger partial charge >= 0.3 is 0 Å². The lowest BCUT2D eigenvalue weighted by Gasteiger charge is -2.16. The Balaban J connectivity index is 1.13. The summed E-state index contributed by atoms with van der Waals surface area (Å²) in [6.45, 7) is 6.10. The Hall–Kier alpha value is -4.60. The van der Waals surface area contributed by atoms with Crippen LogP contribution in [0.15, 0.2) is 85.1 Å². The van der Waals surface area contributed by atoms with Crippen LogP contribution in [0.3, 0.4) is 0 Å². The van der Waals surface area contributed by atoms with Crippen molar-refractivity contribution in [1.82, 2.24) is 9.88 Å². The smallest absolute Gasteiger partial charge is 0.240 e. The number of thiophene rings is 1. The van der Waals surface area contributed by atoms with Crippen molar-refractivity contribution in [2.75, 3.05) is 24.2 Å². The van der Waals surface area contributed by atoms with E-state index in [9.17, 15) is 14.0 Å². The standard InChI is InChI=1S/C36H35FN4O3S/c1-4-19-41(3)22-24-5-7-25(8-6-24)32-21-29-33(45-32)31(15-18-38-29)44-30-14-13-28(20-23(30)2)40-35(43)36(16-17-36)34(42)39-27-11-9-26(37)10-12-27/h5-15,18,20-21H,4,16-17,19,22H2,1-3H3,(H,39,42)(H,40,43). The number of hydrogen-bond acceptors (Lipinski definition) is 6. The van der Waals surface area contributed by atoms with E-state index in [0.29, 0.717) is 35.7 Å². The van der Waals surface area contributed by atoms with Crippen molar-refractivity contribution in [2.24, 2.45) is 5.41 Å². The molecule has 7 nitrogen and oxygen atoms in total. The molecule has 2 aromatic heterocycles. The number of anilines is 2. The average molecular weight is 623 g/mol. The van der Waals surface area contributed by atoms with Crippen LogP contribution in [-0.4, -0.2) is 35.3 Å². The molecule has 9 heteroatoms. The van der Waals surface area contributed by atoms with Gasteiger partial charge < -0.3 is 20.3 Å². The summed E-state index contributed by atoms with van der Waals surface area (Å²) in [7, 11) is 2.14. The molecule has 0 atom stereocenters. The normalized spacial score (nSPS) is 13.5. The Bertz CT molecular complexity index is 1850. The van der Waals surface area contributed by atoms with Crippen LogP contribution in [0.4, 0.5) is 15.8 Å². The molecule has 3 aromatic carbocycles. The van der Waals surface area contributed by atoms with Crippen molar-refractivity contribution in [3.05, 3.63) is 102 Å². The van der Waals surface area contributed by atoms with Gasteiger partial charge in [-0.05, 0) is 105 Å². The van der Waals surface area contributed by atoms with E-state index in [1.54, 1.807) is 23.6 Å². The second kappa shape index (κ2) is 12.8. The molecule has 0 radical (unpaired) electrons. The summed E-state index contributed by atoms with van der Waals surface area (Å²) in [5.74, 6) is 0.221. The third-order valence-corrected chi connectivity index (χ3v) is 9.23. The predicted octanol–water partition coefficient (Wildman–Crippen LogP) is 8.40. The Kier molecular flexibility index (Phi) is 8.65. The lowest BCUT2D eigenvalue weighted by atomic mass is 10.0. The first-order chi connectivity index (χ1) is 21.7.